The largest absolute Gasteiger partial charge is 0.497 e. The van der Waals surface area contributed by atoms with Crippen molar-refractivity contribution >= 4 is 29.9 Å². The van der Waals surface area contributed by atoms with E-state index in [9.17, 15) is 0 Å². The lowest BCUT2D eigenvalue weighted by Crippen LogP contribution is -2.40. The molecular formula is C19H32IN3O3. The molecule has 1 atom stereocenters. The fourth-order valence-electron chi connectivity index (χ4n) is 3.02. The zero-order chi connectivity index (χ0) is 17.9. The lowest BCUT2D eigenvalue weighted by molar-refractivity contribution is 0.119. The Balaban J connectivity index is 0.00000338. The summed E-state index contributed by atoms with van der Waals surface area (Å²) in [6.45, 7) is 5.10. The molecule has 1 heterocycles. The number of halogens is 1. The zero-order valence-corrected chi connectivity index (χ0v) is 18.4. The summed E-state index contributed by atoms with van der Waals surface area (Å²) in [5.41, 5.74) is 1.16. The SMILES string of the molecule is CN=C(NCCCOCc1ccc(OC)cc1)N1CCC(COC)C1.I. The highest BCUT2D eigenvalue weighted by molar-refractivity contribution is 14.0. The summed E-state index contributed by atoms with van der Waals surface area (Å²) in [5.74, 6) is 2.46. The molecule has 0 aromatic heterocycles. The molecule has 0 radical (unpaired) electrons. The van der Waals surface area contributed by atoms with Crippen LogP contribution in [-0.4, -0.2) is 65.0 Å². The molecule has 2 rings (SSSR count). The van der Waals surface area contributed by atoms with E-state index >= 15 is 0 Å². The van der Waals surface area contributed by atoms with Gasteiger partial charge >= 0.3 is 0 Å². The van der Waals surface area contributed by atoms with Crippen molar-refractivity contribution in [1.29, 1.82) is 0 Å². The monoisotopic (exact) mass is 477 g/mol. The Morgan fingerprint density at radius 3 is 2.69 bits per heavy atom. The van der Waals surface area contributed by atoms with Crippen molar-refractivity contribution in [2.45, 2.75) is 19.4 Å². The van der Waals surface area contributed by atoms with E-state index in [1.54, 1.807) is 14.2 Å². The van der Waals surface area contributed by atoms with Crippen LogP contribution in [0.15, 0.2) is 29.3 Å². The highest BCUT2D eigenvalue weighted by Gasteiger charge is 2.24. The van der Waals surface area contributed by atoms with Crippen molar-refractivity contribution in [2.24, 2.45) is 10.9 Å². The smallest absolute Gasteiger partial charge is 0.193 e. The summed E-state index contributed by atoms with van der Waals surface area (Å²) in [5, 5.41) is 3.43. The third kappa shape index (κ3) is 7.67. The maximum atomic E-state index is 5.73. The molecule has 26 heavy (non-hydrogen) atoms. The van der Waals surface area contributed by atoms with Gasteiger partial charge in [0.05, 0.1) is 20.3 Å². The molecule has 6 nitrogen and oxygen atoms in total. The fraction of sp³-hybridized carbons (Fsp3) is 0.632. The number of hydrogen-bond donors (Lipinski definition) is 1. The van der Waals surface area contributed by atoms with Gasteiger partial charge in [-0.25, -0.2) is 0 Å². The molecule has 148 valence electrons. The van der Waals surface area contributed by atoms with Crippen molar-refractivity contribution < 1.29 is 14.2 Å². The van der Waals surface area contributed by atoms with Gasteiger partial charge in [0.25, 0.3) is 0 Å². The first-order chi connectivity index (χ1) is 12.3. The molecule has 0 amide bonds. The first-order valence-corrected chi connectivity index (χ1v) is 8.92. The Morgan fingerprint density at radius 1 is 1.27 bits per heavy atom. The second kappa shape index (κ2) is 13.2. The number of rotatable bonds is 9. The fourth-order valence-corrected chi connectivity index (χ4v) is 3.02. The topological polar surface area (TPSA) is 55.3 Å². The molecule has 1 saturated heterocycles. The van der Waals surface area contributed by atoms with E-state index in [2.05, 4.69) is 15.2 Å². The van der Waals surface area contributed by atoms with Gasteiger partial charge in [-0.1, -0.05) is 12.1 Å². The summed E-state index contributed by atoms with van der Waals surface area (Å²) < 4.78 is 16.1. The highest BCUT2D eigenvalue weighted by Crippen LogP contribution is 2.16. The Morgan fingerprint density at radius 2 is 2.04 bits per heavy atom. The van der Waals surface area contributed by atoms with Crippen molar-refractivity contribution in [1.82, 2.24) is 10.2 Å². The molecule has 0 bridgehead atoms. The van der Waals surface area contributed by atoms with Gasteiger partial charge in [-0.05, 0) is 30.5 Å². The Labute approximate surface area is 174 Å². The molecular weight excluding hydrogens is 445 g/mol. The van der Waals surface area contributed by atoms with Crippen molar-refractivity contribution in [2.75, 3.05) is 54.1 Å². The van der Waals surface area contributed by atoms with Crippen molar-refractivity contribution in [3.05, 3.63) is 29.8 Å². The molecule has 1 aromatic rings. The summed E-state index contributed by atoms with van der Waals surface area (Å²) in [6, 6.07) is 7.97. The van der Waals surface area contributed by atoms with Crippen LogP contribution in [-0.2, 0) is 16.1 Å². The number of guanidine groups is 1. The summed E-state index contributed by atoms with van der Waals surface area (Å²) in [6.07, 6.45) is 2.12. The Hall–Kier alpha value is -1.06. The maximum Gasteiger partial charge on any atom is 0.193 e. The van der Waals surface area contributed by atoms with Crippen LogP contribution in [0.25, 0.3) is 0 Å². The number of nitrogens with zero attached hydrogens (tertiary/aromatic N) is 2. The normalized spacial score (nSPS) is 17.1. The first-order valence-electron chi connectivity index (χ1n) is 8.92. The standard InChI is InChI=1S/C19H31N3O3.HI/c1-20-19(22-11-9-17(13-22)14-23-2)21-10-4-12-25-15-16-5-7-18(24-3)8-6-16;/h5-8,17H,4,9-15H2,1-3H3,(H,20,21);1H. The van der Waals surface area contributed by atoms with Crippen LogP contribution in [0.5, 0.6) is 5.75 Å². The molecule has 1 fully saturated rings. The number of nitrogens with one attached hydrogen (secondary N) is 1. The maximum absolute atomic E-state index is 5.73. The van der Waals surface area contributed by atoms with Gasteiger partial charge in [0.1, 0.15) is 5.75 Å². The lowest BCUT2D eigenvalue weighted by Gasteiger charge is -2.21. The molecule has 0 spiro atoms. The van der Waals surface area contributed by atoms with Crippen LogP contribution < -0.4 is 10.1 Å². The van der Waals surface area contributed by atoms with Crippen LogP contribution in [0.1, 0.15) is 18.4 Å². The molecule has 1 aliphatic heterocycles. The van der Waals surface area contributed by atoms with Gasteiger partial charge < -0.3 is 24.4 Å². The summed E-state index contributed by atoms with van der Waals surface area (Å²) in [7, 11) is 5.28. The average Bonchev–Trinajstić information content (AvgIpc) is 3.10. The number of ether oxygens (including phenoxy) is 3. The van der Waals surface area contributed by atoms with E-state index in [-0.39, 0.29) is 24.0 Å². The van der Waals surface area contributed by atoms with Gasteiger partial charge in [0, 0.05) is 46.3 Å². The number of aliphatic imine (C=N–C) groups is 1. The van der Waals surface area contributed by atoms with Gasteiger partial charge in [-0.3, -0.25) is 4.99 Å². The Bertz CT molecular complexity index is 525. The van der Waals surface area contributed by atoms with Gasteiger partial charge in [-0.15, -0.1) is 24.0 Å². The van der Waals surface area contributed by atoms with Crippen molar-refractivity contribution in [3.8, 4) is 5.75 Å². The van der Waals surface area contributed by atoms with E-state index in [0.29, 0.717) is 12.5 Å². The summed E-state index contributed by atoms with van der Waals surface area (Å²) >= 11 is 0. The van der Waals surface area contributed by atoms with E-state index in [4.69, 9.17) is 14.2 Å². The lowest BCUT2D eigenvalue weighted by atomic mass is 10.1. The number of hydrogen-bond acceptors (Lipinski definition) is 4. The Kier molecular flexibility index (Phi) is 11.6. The quantitative estimate of drug-likeness (QED) is 0.257. The minimum absolute atomic E-state index is 0. The predicted octanol–water partition coefficient (Wildman–Crippen LogP) is 2.76. The third-order valence-electron chi connectivity index (χ3n) is 4.38. The van der Waals surface area contributed by atoms with E-state index in [1.165, 1.54) is 6.42 Å². The van der Waals surface area contributed by atoms with E-state index in [0.717, 1.165) is 56.5 Å². The molecule has 0 saturated carbocycles. The minimum Gasteiger partial charge on any atom is -0.497 e. The summed E-state index contributed by atoms with van der Waals surface area (Å²) in [4.78, 5) is 6.69. The number of likely N-dealkylation sites (tertiary alicyclic amines) is 1. The first kappa shape index (κ1) is 23.0. The van der Waals surface area contributed by atoms with Crippen LogP contribution in [0.3, 0.4) is 0 Å². The van der Waals surface area contributed by atoms with E-state index < -0.39 is 0 Å². The highest BCUT2D eigenvalue weighted by atomic mass is 127. The van der Waals surface area contributed by atoms with Gasteiger partial charge in [-0.2, -0.15) is 0 Å². The molecule has 1 N–H and O–H groups in total. The van der Waals surface area contributed by atoms with E-state index in [1.807, 2.05) is 31.3 Å². The molecule has 0 aliphatic carbocycles. The molecule has 1 aromatic carbocycles. The number of benzene rings is 1. The van der Waals surface area contributed by atoms with Crippen LogP contribution in [0.2, 0.25) is 0 Å². The van der Waals surface area contributed by atoms with Gasteiger partial charge in [0.2, 0.25) is 0 Å². The second-order valence-electron chi connectivity index (χ2n) is 6.28. The van der Waals surface area contributed by atoms with Crippen LogP contribution in [0, 0.1) is 5.92 Å². The zero-order valence-electron chi connectivity index (χ0n) is 16.1. The predicted molar refractivity (Wildman–Crippen MR) is 116 cm³/mol. The van der Waals surface area contributed by atoms with Crippen LogP contribution in [0.4, 0.5) is 0 Å². The van der Waals surface area contributed by atoms with Crippen molar-refractivity contribution in [3.63, 3.8) is 0 Å². The average molecular weight is 477 g/mol. The number of methoxy groups -OCH3 is 2. The minimum atomic E-state index is 0. The molecule has 7 heteroatoms. The van der Waals surface area contributed by atoms with Crippen LogP contribution >= 0.6 is 24.0 Å². The second-order valence-corrected chi connectivity index (χ2v) is 6.28. The molecule has 1 unspecified atom stereocenters. The van der Waals surface area contributed by atoms with Gasteiger partial charge in [0.15, 0.2) is 5.96 Å². The molecule has 1 aliphatic rings. The third-order valence-corrected chi connectivity index (χ3v) is 4.38.